The van der Waals surface area contributed by atoms with E-state index in [1.807, 2.05) is 25.1 Å². The normalized spacial score (nSPS) is 11.3. The fourth-order valence-electron chi connectivity index (χ4n) is 2.29. The van der Waals surface area contributed by atoms with Crippen molar-refractivity contribution >= 4 is 16.9 Å². The quantitative estimate of drug-likeness (QED) is 0.890. The maximum atomic E-state index is 11.3. The summed E-state index contributed by atoms with van der Waals surface area (Å²) in [5.74, 6) is -0.488. The molecule has 0 unspecified atom stereocenters. The van der Waals surface area contributed by atoms with Crippen LogP contribution in [0.15, 0.2) is 22.6 Å². The van der Waals surface area contributed by atoms with Crippen molar-refractivity contribution in [3.63, 3.8) is 0 Å². The first-order chi connectivity index (χ1) is 8.54. The van der Waals surface area contributed by atoms with Crippen LogP contribution in [0.2, 0.25) is 0 Å². The Balaban J connectivity index is 2.71. The molecule has 0 saturated heterocycles. The highest BCUT2D eigenvalue weighted by molar-refractivity contribution is 5.96. The van der Waals surface area contributed by atoms with Crippen molar-refractivity contribution in [1.29, 1.82) is 0 Å². The van der Waals surface area contributed by atoms with Gasteiger partial charge in [-0.2, -0.15) is 0 Å². The van der Waals surface area contributed by atoms with Crippen molar-refractivity contribution in [2.24, 2.45) is 5.92 Å². The molecule has 1 aromatic carbocycles. The summed E-state index contributed by atoms with van der Waals surface area (Å²) in [5.41, 5.74) is 2.61. The Morgan fingerprint density at radius 2 is 2.11 bits per heavy atom. The molecule has 0 fully saturated rings. The lowest BCUT2D eigenvalue weighted by Gasteiger charge is -2.03. The maximum Gasteiger partial charge on any atom is 0.372 e. The second-order valence-electron chi connectivity index (χ2n) is 4.96. The molecule has 1 heterocycles. The van der Waals surface area contributed by atoms with Gasteiger partial charge in [-0.3, -0.25) is 0 Å². The average Bonchev–Trinajstić information content (AvgIpc) is 2.67. The fourth-order valence-corrected chi connectivity index (χ4v) is 2.29. The van der Waals surface area contributed by atoms with Crippen LogP contribution < -0.4 is 0 Å². The van der Waals surface area contributed by atoms with E-state index in [1.54, 1.807) is 0 Å². The van der Waals surface area contributed by atoms with Crippen molar-refractivity contribution in [1.82, 2.24) is 0 Å². The van der Waals surface area contributed by atoms with Crippen molar-refractivity contribution in [2.45, 2.75) is 33.6 Å². The molecule has 96 valence electrons. The van der Waals surface area contributed by atoms with E-state index in [0.29, 0.717) is 5.92 Å². The number of benzene rings is 1. The van der Waals surface area contributed by atoms with Crippen LogP contribution in [0.5, 0.6) is 0 Å². The van der Waals surface area contributed by atoms with Gasteiger partial charge in [-0.25, -0.2) is 4.79 Å². The molecule has 0 amide bonds. The first kappa shape index (κ1) is 12.7. The highest BCUT2D eigenvalue weighted by Crippen LogP contribution is 2.30. The van der Waals surface area contributed by atoms with Gasteiger partial charge < -0.3 is 9.52 Å². The average molecular weight is 246 g/mol. The summed E-state index contributed by atoms with van der Waals surface area (Å²) in [6, 6.07) is 5.89. The smallest absolute Gasteiger partial charge is 0.372 e. The number of fused-ring (bicyclic) bond motifs is 1. The fraction of sp³-hybridized carbons (Fsp3) is 0.400. The number of para-hydroxylation sites is 1. The monoisotopic (exact) mass is 246 g/mol. The van der Waals surface area contributed by atoms with Crippen LogP contribution in [-0.2, 0) is 12.8 Å². The first-order valence-electron chi connectivity index (χ1n) is 6.31. The van der Waals surface area contributed by atoms with Gasteiger partial charge >= 0.3 is 5.97 Å². The second-order valence-corrected chi connectivity index (χ2v) is 4.96. The summed E-state index contributed by atoms with van der Waals surface area (Å²) in [6.45, 7) is 6.20. The summed E-state index contributed by atoms with van der Waals surface area (Å²) in [5, 5.41) is 10.2. The molecule has 2 aromatic rings. The third-order valence-corrected chi connectivity index (χ3v) is 3.09. The minimum absolute atomic E-state index is 0.0969. The number of carboxylic acids is 1. The van der Waals surface area contributed by atoms with Crippen molar-refractivity contribution in [2.75, 3.05) is 0 Å². The van der Waals surface area contributed by atoms with Gasteiger partial charge in [0.15, 0.2) is 0 Å². The van der Waals surface area contributed by atoms with E-state index in [-0.39, 0.29) is 5.76 Å². The molecular formula is C15H18O3. The Morgan fingerprint density at radius 3 is 2.67 bits per heavy atom. The number of hydrogen-bond donors (Lipinski definition) is 1. The molecule has 1 N–H and O–H groups in total. The van der Waals surface area contributed by atoms with Gasteiger partial charge in [-0.1, -0.05) is 39.0 Å². The van der Waals surface area contributed by atoms with Crippen LogP contribution >= 0.6 is 0 Å². The van der Waals surface area contributed by atoms with Crippen LogP contribution in [0.1, 0.15) is 42.5 Å². The third kappa shape index (κ3) is 2.13. The molecule has 0 aliphatic carbocycles. The van der Waals surface area contributed by atoms with Gasteiger partial charge in [0.1, 0.15) is 5.58 Å². The van der Waals surface area contributed by atoms with Crippen molar-refractivity contribution < 1.29 is 14.3 Å². The zero-order valence-corrected chi connectivity index (χ0v) is 11.0. The number of furan rings is 1. The molecular weight excluding hydrogens is 228 g/mol. The van der Waals surface area contributed by atoms with Gasteiger partial charge in [0, 0.05) is 10.9 Å². The highest BCUT2D eigenvalue weighted by atomic mass is 16.4. The molecule has 3 nitrogen and oxygen atoms in total. The van der Waals surface area contributed by atoms with E-state index in [2.05, 4.69) is 13.8 Å². The van der Waals surface area contributed by atoms with E-state index in [0.717, 1.165) is 34.9 Å². The molecule has 0 saturated carbocycles. The number of hydrogen-bond acceptors (Lipinski definition) is 2. The lowest BCUT2D eigenvalue weighted by Crippen LogP contribution is -2.02. The highest BCUT2D eigenvalue weighted by Gasteiger charge is 2.21. The molecule has 0 aliphatic heterocycles. The summed E-state index contributed by atoms with van der Waals surface area (Å²) in [4.78, 5) is 11.3. The molecule has 1 aromatic heterocycles. The zero-order chi connectivity index (χ0) is 13.3. The van der Waals surface area contributed by atoms with E-state index in [9.17, 15) is 9.90 Å². The minimum atomic E-state index is -0.982. The number of aryl methyl sites for hydroxylation is 1. The summed E-state index contributed by atoms with van der Waals surface area (Å²) >= 11 is 0. The van der Waals surface area contributed by atoms with Crippen LogP contribution in [0.4, 0.5) is 0 Å². The predicted molar refractivity (Wildman–Crippen MR) is 71.1 cm³/mol. The molecule has 0 atom stereocenters. The number of aromatic carboxylic acids is 1. The van der Waals surface area contributed by atoms with E-state index in [4.69, 9.17) is 4.42 Å². The molecule has 3 heteroatoms. The molecule has 0 spiro atoms. The first-order valence-corrected chi connectivity index (χ1v) is 6.31. The van der Waals surface area contributed by atoms with Gasteiger partial charge in [-0.15, -0.1) is 0 Å². The Kier molecular flexibility index (Phi) is 3.41. The van der Waals surface area contributed by atoms with Gasteiger partial charge in [0.05, 0.1) is 0 Å². The number of carboxylic acid groups (broad SMARTS) is 1. The Hall–Kier alpha value is -1.77. The maximum absolute atomic E-state index is 11.3. The van der Waals surface area contributed by atoms with E-state index >= 15 is 0 Å². The third-order valence-electron chi connectivity index (χ3n) is 3.09. The van der Waals surface area contributed by atoms with Crippen LogP contribution in [-0.4, -0.2) is 11.1 Å². The standard InChI is InChI=1S/C15H18O3/c1-4-10-6-5-7-11-12(8-9(2)3)14(15(16)17)18-13(10)11/h5-7,9H,4,8H2,1-3H3,(H,16,17). The van der Waals surface area contributed by atoms with E-state index < -0.39 is 5.97 Å². The van der Waals surface area contributed by atoms with Crippen molar-refractivity contribution in [3.8, 4) is 0 Å². The van der Waals surface area contributed by atoms with Crippen molar-refractivity contribution in [3.05, 3.63) is 35.1 Å². The molecule has 18 heavy (non-hydrogen) atoms. The molecule has 0 bridgehead atoms. The lowest BCUT2D eigenvalue weighted by molar-refractivity contribution is 0.0663. The summed E-state index contributed by atoms with van der Waals surface area (Å²) in [7, 11) is 0. The topological polar surface area (TPSA) is 50.4 Å². The van der Waals surface area contributed by atoms with Crippen LogP contribution in [0, 0.1) is 5.92 Å². The van der Waals surface area contributed by atoms with Gasteiger partial charge in [0.2, 0.25) is 5.76 Å². The van der Waals surface area contributed by atoms with Gasteiger partial charge in [-0.05, 0) is 24.3 Å². The summed E-state index contributed by atoms with van der Waals surface area (Å²) in [6.07, 6.45) is 1.56. The largest absolute Gasteiger partial charge is 0.475 e. The van der Waals surface area contributed by atoms with Crippen LogP contribution in [0.25, 0.3) is 11.0 Å². The SMILES string of the molecule is CCc1cccc2c(CC(C)C)c(C(=O)O)oc12. The van der Waals surface area contributed by atoms with E-state index in [1.165, 1.54) is 0 Å². The Morgan fingerprint density at radius 1 is 1.39 bits per heavy atom. The van der Waals surface area contributed by atoms with Crippen LogP contribution in [0.3, 0.4) is 0 Å². The van der Waals surface area contributed by atoms with Gasteiger partial charge in [0.25, 0.3) is 0 Å². The molecule has 0 radical (unpaired) electrons. The second kappa shape index (κ2) is 4.84. The molecule has 2 rings (SSSR count). The lowest BCUT2D eigenvalue weighted by atomic mass is 9.98. The Bertz CT molecular complexity index is 579. The minimum Gasteiger partial charge on any atom is -0.475 e. The number of carbonyl (C=O) groups is 1. The molecule has 0 aliphatic rings. The summed E-state index contributed by atoms with van der Waals surface area (Å²) < 4.78 is 5.58. The Labute approximate surface area is 106 Å². The number of rotatable bonds is 4. The zero-order valence-electron chi connectivity index (χ0n) is 11.0. The predicted octanol–water partition coefficient (Wildman–Crippen LogP) is 3.89.